The molecule has 5 heteroatoms. The molecule has 0 aromatic heterocycles. The molecule has 0 amide bonds. The van der Waals surface area contributed by atoms with Gasteiger partial charge in [-0.2, -0.15) is 13.2 Å². The van der Waals surface area contributed by atoms with Crippen LogP contribution >= 0.6 is 0 Å². The van der Waals surface area contributed by atoms with Crippen LogP contribution < -0.4 is 0 Å². The van der Waals surface area contributed by atoms with Crippen LogP contribution in [-0.2, 0) is 4.74 Å². The third-order valence-corrected chi connectivity index (χ3v) is 1.89. The van der Waals surface area contributed by atoms with E-state index in [1.807, 2.05) is 0 Å². The number of hydrogen-bond acceptors (Lipinski definition) is 2. The van der Waals surface area contributed by atoms with Crippen molar-refractivity contribution in [2.24, 2.45) is 4.99 Å². The molecule has 16 heavy (non-hydrogen) atoms. The van der Waals surface area contributed by atoms with Crippen molar-refractivity contribution in [3.05, 3.63) is 35.8 Å². The number of nitrogens with zero attached hydrogens (tertiary/aromatic N) is 1. The minimum absolute atomic E-state index is 0.135. The fraction of sp³-hybridized carbons (Fsp3) is 0.364. The van der Waals surface area contributed by atoms with Gasteiger partial charge in [-0.3, -0.25) is 0 Å². The van der Waals surface area contributed by atoms with Crippen LogP contribution in [0.15, 0.2) is 40.8 Å². The molecule has 0 spiro atoms. The van der Waals surface area contributed by atoms with Gasteiger partial charge in [0.25, 0.3) is 0 Å². The Morgan fingerprint density at radius 3 is 2.56 bits per heavy atom. The van der Waals surface area contributed by atoms with E-state index < -0.39 is 12.6 Å². The molecule has 0 fully saturated rings. The van der Waals surface area contributed by atoms with E-state index in [-0.39, 0.29) is 11.7 Å². The van der Waals surface area contributed by atoms with Crippen LogP contribution in [0.5, 0.6) is 0 Å². The summed E-state index contributed by atoms with van der Waals surface area (Å²) >= 11 is 0. The summed E-state index contributed by atoms with van der Waals surface area (Å²) in [6.07, 6.45) is -2.75. The Bertz CT molecular complexity index is 385. The lowest BCUT2D eigenvalue weighted by Gasteiger charge is -2.06. The number of allylic oxidation sites excluding steroid dienone is 2. The molecule has 0 bridgehead atoms. The van der Waals surface area contributed by atoms with Gasteiger partial charge in [-0.1, -0.05) is 12.2 Å². The van der Waals surface area contributed by atoms with Crippen molar-refractivity contribution in [3.63, 3.8) is 0 Å². The highest BCUT2D eigenvalue weighted by molar-refractivity contribution is 6.00. The van der Waals surface area contributed by atoms with Crippen molar-refractivity contribution in [1.29, 1.82) is 0 Å². The topological polar surface area (TPSA) is 21.6 Å². The van der Waals surface area contributed by atoms with E-state index >= 15 is 0 Å². The standard InChI is InChI=1S/C11H12F3NO/c1-4-15-10-9(7(2)3)5-8(16-10)6-11(12,13)14/h4-5H,1,6H2,2-3H3. The first-order valence-electron chi connectivity index (χ1n) is 4.65. The van der Waals surface area contributed by atoms with Gasteiger partial charge in [0.1, 0.15) is 12.2 Å². The van der Waals surface area contributed by atoms with Crippen molar-refractivity contribution in [1.82, 2.24) is 0 Å². The normalized spacial score (nSPS) is 18.4. The molecule has 1 rings (SSSR count). The van der Waals surface area contributed by atoms with E-state index in [0.29, 0.717) is 5.57 Å². The third-order valence-electron chi connectivity index (χ3n) is 1.89. The second kappa shape index (κ2) is 4.55. The Morgan fingerprint density at radius 1 is 1.50 bits per heavy atom. The van der Waals surface area contributed by atoms with Gasteiger partial charge in [0.05, 0.1) is 0 Å². The fourth-order valence-corrected chi connectivity index (χ4v) is 1.25. The number of hydrogen-bond donors (Lipinski definition) is 0. The molecule has 0 unspecified atom stereocenters. The molecule has 0 atom stereocenters. The lowest BCUT2D eigenvalue weighted by atomic mass is 10.1. The molecule has 88 valence electrons. The number of ether oxygens (including phenoxy) is 1. The van der Waals surface area contributed by atoms with Crippen molar-refractivity contribution < 1.29 is 17.9 Å². The maximum Gasteiger partial charge on any atom is 0.396 e. The highest BCUT2D eigenvalue weighted by atomic mass is 19.4. The molecule has 1 heterocycles. The molecular formula is C11H12F3NO. The van der Waals surface area contributed by atoms with Gasteiger partial charge >= 0.3 is 6.18 Å². The van der Waals surface area contributed by atoms with Crippen LogP contribution in [0, 0.1) is 0 Å². The zero-order valence-electron chi connectivity index (χ0n) is 9.06. The van der Waals surface area contributed by atoms with Gasteiger partial charge in [-0.25, -0.2) is 4.99 Å². The minimum atomic E-state index is -4.28. The summed E-state index contributed by atoms with van der Waals surface area (Å²) in [6.45, 7) is 6.95. The predicted octanol–water partition coefficient (Wildman–Crippen LogP) is 3.73. The summed E-state index contributed by atoms with van der Waals surface area (Å²) in [6, 6.07) is 0. The van der Waals surface area contributed by atoms with Crippen LogP contribution in [0.1, 0.15) is 20.3 Å². The zero-order chi connectivity index (χ0) is 12.3. The van der Waals surface area contributed by atoms with E-state index in [2.05, 4.69) is 11.6 Å². The van der Waals surface area contributed by atoms with E-state index in [0.717, 1.165) is 5.57 Å². The van der Waals surface area contributed by atoms with Crippen molar-refractivity contribution >= 4 is 5.90 Å². The van der Waals surface area contributed by atoms with Crippen molar-refractivity contribution in [2.75, 3.05) is 0 Å². The summed E-state index contributed by atoms with van der Waals surface area (Å²) in [7, 11) is 0. The highest BCUT2D eigenvalue weighted by Gasteiger charge is 2.33. The molecule has 1 aliphatic heterocycles. The zero-order valence-corrected chi connectivity index (χ0v) is 9.06. The summed E-state index contributed by atoms with van der Waals surface area (Å²) in [4.78, 5) is 3.79. The number of aliphatic imine (C=N–C) groups is 1. The van der Waals surface area contributed by atoms with E-state index in [9.17, 15) is 13.2 Å². The molecule has 0 aromatic carbocycles. The first kappa shape index (κ1) is 12.5. The summed E-state index contributed by atoms with van der Waals surface area (Å²) < 4.78 is 41.5. The highest BCUT2D eigenvalue weighted by Crippen LogP contribution is 2.31. The van der Waals surface area contributed by atoms with E-state index in [1.54, 1.807) is 13.8 Å². The molecule has 1 aliphatic rings. The quantitative estimate of drug-likeness (QED) is 0.709. The van der Waals surface area contributed by atoms with Crippen LogP contribution in [0.2, 0.25) is 0 Å². The Morgan fingerprint density at radius 2 is 2.12 bits per heavy atom. The monoisotopic (exact) mass is 231 g/mol. The van der Waals surface area contributed by atoms with Gasteiger partial charge in [0.2, 0.25) is 5.90 Å². The number of halogens is 3. The molecule has 0 saturated carbocycles. The Hall–Kier alpha value is -1.52. The SMILES string of the molecule is C=CN=C1OC(CC(F)(F)F)=CC1=C(C)C. The van der Waals surface area contributed by atoms with Crippen LogP contribution in [0.25, 0.3) is 0 Å². The third kappa shape index (κ3) is 3.25. The fourth-order valence-electron chi connectivity index (χ4n) is 1.25. The maximum atomic E-state index is 12.2. The Kier molecular flexibility index (Phi) is 3.57. The summed E-state index contributed by atoms with van der Waals surface area (Å²) in [5, 5.41) is 0. The van der Waals surface area contributed by atoms with Crippen LogP contribution in [0.3, 0.4) is 0 Å². The maximum absolute atomic E-state index is 12.2. The van der Waals surface area contributed by atoms with Gasteiger partial charge in [0, 0.05) is 11.8 Å². The molecular weight excluding hydrogens is 219 g/mol. The lowest BCUT2D eigenvalue weighted by molar-refractivity contribution is -0.131. The largest absolute Gasteiger partial charge is 0.442 e. The van der Waals surface area contributed by atoms with Crippen molar-refractivity contribution in [2.45, 2.75) is 26.4 Å². The number of alkyl halides is 3. The number of rotatable bonds is 2. The first-order chi connectivity index (χ1) is 7.33. The van der Waals surface area contributed by atoms with Crippen LogP contribution in [-0.4, -0.2) is 12.1 Å². The smallest absolute Gasteiger partial charge is 0.396 e. The van der Waals surface area contributed by atoms with E-state index in [4.69, 9.17) is 4.74 Å². The molecule has 0 aliphatic carbocycles. The van der Waals surface area contributed by atoms with Gasteiger partial charge < -0.3 is 4.74 Å². The van der Waals surface area contributed by atoms with Gasteiger partial charge in [-0.15, -0.1) is 0 Å². The molecule has 0 saturated heterocycles. The lowest BCUT2D eigenvalue weighted by Crippen LogP contribution is -2.09. The van der Waals surface area contributed by atoms with E-state index in [1.165, 1.54) is 12.3 Å². The second-order valence-electron chi connectivity index (χ2n) is 3.54. The Balaban J connectivity index is 2.96. The van der Waals surface area contributed by atoms with Crippen molar-refractivity contribution in [3.8, 4) is 0 Å². The predicted molar refractivity (Wildman–Crippen MR) is 55.8 cm³/mol. The first-order valence-corrected chi connectivity index (χ1v) is 4.65. The molecule has 2 nitrogen and oxygen atoms in total. The van der Waals surface area contributed by atoms with Gasteiger partial charge in [0.15, 0.2) is 0 Å². The summed E-state index contributed by atoms with van der Waals surface area (Å²) in [5.74, 6) is 0.0403. The average molecular weight is 231 g/mol. The summed E-state index contributed by atoms with van der Waals surface area (Å²) in [5.41, 5.74) is 1.43. The Labute approximate surface area is 91.8 Å². The van der Waals surface area contributed by atoms with Crippen LogP contribution in [0.4, 0.5) is 13.2 Å². The second-order valence-corrected chi connectivity index (χ2v) is 3.54. The molecule has 0 N–H and O–H groups in total. The average Bonchev–Trinajstić information content (AvgIpc) is 2.45. The molecule has 0 radical (unpaired) electrons. The minimum Gasteiger partial charge on any atom is -0.442 e. The van der Waals surface area contributed by atoms with Gasteiger partial charge in [-0.05, 0) is 19.9 Å². The molecule has 0 aromatic rings.